The highest BCUT2D eigenvalue weighted by Gasteiger charge is 2.07. The lowest BCUT2D eigenvalue weighted by atomic mass is 10.2. The molecular formula is C14H11Cl2NO. The Morgan fingerprint density at radius 2 is 1.61 bits per heavy atom. The molecule has 0 heterocycles. The minimum absolute atomic E-state index is 0.191. The molecule has 0 aliphatic heterocycles. The van der Waals surface area contributed by atoms with Crippen LogP contribution >= 0.6 is 23.2 Å². The van der Waals surface area contributed by atoms with Gasteiger partial charge in [0.1, 0.15) is 0 Å². The minimum Gasteiger partial charge on any atom is -0.348 e. The van der Waals surface area contributed by atoms with Crippen molar-refractivity contribution in [3.63, 3.8) is 0 Å². The third-order valence-electron chi connectivity index (χ3n) is 2.42. The molecule has 2 nitrogen and oxygen atoms in total. The molecular weight excluding hydrogens is 269 g/mol. The Labute approximate surface area is 116 Å². The summed E-state index contributed by atoms with van der Waals surface area (Å²) in [5.74, 6) is -0.191. The molecule has 0 aliphatic rings. The van der Waals surface area contributed by atoms with Gasteiger partial charge in [0.2, 0.25) is 0 Å². The Morgan fingerprint density at radius 1 is 1.00 bits per heavy atom. The van der Waals surface area contributed by atoms with Crippen LogP contribution in [0.4, 0.5) is 0 Å². The molecule has 0 saturated heterocycles. The van der Waals surface area contributed by atoms with Crippen molar-refractivity contribution < 1.29 is 4.79 Å². The topological polar surface area (TPSA) is 29.1 Å². The smallest absolute Gasteiger partial charge is 0.251 e. The molecule has 0 unspecified atom stereocenters. The third kappa shape index (κ3) is 3.49. The van der Waals surface area contributed by atoms with Crippen LogP contribution in [-0.2, 0) is 6.54 Å². The van der Waals surface area contributed by atoms with E-state index in [2.05, 4.69) is 5.32 Å². The quantitative estimate of drug-likeness (QED) is 0.907. The van der Waals surface area contributed by atoms with Gasteiger partial charge < -0.3 is 5.32 Å². The Bertz CT molecular complexity index is 535. The summed E-state index contributed by atoms with van der Waals surface area (Å²) in [6.07, 6.45) is 0. The van der Waals surface area contributed by atoms with Gasteiger partial charge in [0.15, 0.2) is 0 Å². The van der Waals surface area contributed by atoms with Crippen molar-refractivity contribution >= 4 is 29.1 Å². The molecule has 4 heteroatoms. The maximum atomic E-state index is 11.9. The fraction of sp³-hybridized carbons (Fsp3) is 0.0714. The first-order chi connectivity index (χ1) is 8.65. The van der Waals surface area contributed by atoms with E-state index in [0.29, 0.717) is 22.2 Å². The molecule has 2 aromatic carbocycles. The van der Waals surface area contributed by atoms with Crippen molar-refractivity contribution in [2.24, 2.45) is 0 Å². The second-order valence-electron chi connectivity index (χ2n) is 3.83. The average molecular weight is 280 g/mol. The highest BCUT2D eigenvalue weighted by atomic mass is 35.5. The van der Waals surface area contributed by atoms with Crippen LogP contribution in [0.2, 0.25) is 10.0 Å². The largest absolute Gasteiger partial charge is 0.348 e. The van der Waals surface area contributed by atoms with Gasteiger partial charge in [0.25, 0.3) is 5.91 Å². The molecule has 0 spiro atoms. The molecule has 2 rings (SSSR count). The molecule has 1 N–H and O–H groups in total. The highest BCUT2D eigenvalue weighted by Crippen LogP contribution is 2.19. The van der Waals surface area contributed by atoms with Crippen molar-refractivity contribution in [1.82, 2.24) is 5.32 Å². The van der Waals surface area contributed by atoms with Crippen LogP contribution in [-0.4, -0.2) is 5.91 Å². The molecule has 0 fully saturated rings. The van der Waals surface area contributed by atoms with Crippen LogP contribution in [0.1, 0.15) is 15.9 Å². The van der Waals surface area contributed by atoms with E-state index in [9.17, 15) is 4.79 Å². The van der Waals surface area contributed by atoms with E-state index >= 15 is 0 Å². The summed E-state index contributed by atoms with van der Waals surface area (Å²) in [7, 11) is 0. The molecule has 0 aromatic heterocycles. The van der Waals surface area contributed by atoms with Gasteiger partial charge in [-0.25, -0.2) is 0 Å². The number of amides is 1. The number of carbonyl (C=O) groups excluding carboxylic acids is 1. The maximum absolute atomic E-state index is 11.9. The van der Waals surface area contributed by atoms with E-state index in [1.54, 1.807) is 18.2 Å². The van der Waals surface area contributed by atoms with Gasteiger partial charge >= 0.3 is 0 Å². The lowest BCUT2D eigenvalue weighted by Gasteiger charge is -2.06. The van der Waals surface area contributed by atoms with Gasteiger partial charge in [-0.1, -0.05) is 53.5 Å². The molecule has 92 valence electrons. The summed E-state index contributed by atoms with van der Waals surface area (Å²) < 4.78 is 0. The second-order valence-corrected chi connectivity index (χ2v) is 4.70. The van der Waals surface area contributed by atoms with Gasteiger partial charge in [-0.3, -0.25) is 4.79 Å². The summed E-state index contributed by atoms with van der Waals surface area (Å²) in [4.78, 5) is 11.9. The fourth-order valence-corrected chi connectivity index (χ4v) is 2.09. The van der Waals surface area contributed by atoms with Crippen molar-refractivity contribution in [2.75, 3.05) is 0 Å². The van der Waals surface area contributed by atoms with E-state index in [0.717, 1.165) is 5.56 Å². The Morgan fingerprint density at radius 3 is 2.22 bits per heavy atom. The summed E-state index contributed by atoms with van der Waals surface area (Å²) in [5, 5.41) is 3.72. The van der Waals surface area contributed by atoms with Crippen molar-refractivity contribution in [2.45, 2.75) is 6.54 Å². The maximum Gasteiger partial charge on any atom is 0.251 e. The van der Waals surface area contributed by atoms with Crippen LogP contribution in [0.3, 0.4) is 0 Å². The standard InChI is InChI=1S/C14H11Cl2NO/c15-12-6-11(7-13(16)8-12)14(18)17-9-10-4-2-1-3-5-10/h1-8H,9H2,(H,17,18). The highest BCUT2D eigenvalue weighted by molar-refractivity contribution is 6.35. The molecule has 0 saturated carbocycles. The normalized spacial score (nSPS) is 10.1. The number of nitrogens with one attached hydrogen (secondary N) is 1. The zero-order valence-corrected chi connectivity index (χ0v) is 11.0. The predicted octanol–water partition coefficient (Wildman–Crippen LogP) is 3.92. The van der Waals surface area contributed by atoms with Crippen LogP contribution in [0.15, 0.2) is 48.5 Å². The molecule has 2 aromatic rings. The number of hydrogen-bond acceptors (Lipinski definition) is 1. The SMILES string of the molecule is O=C(NCc1ccccc1)c1cc(Cl)cc(Cl)c1. The first-order valence-corrected chi connectivity index (χ1v) is 6.19. The third-order valence-corrected chi connectivity index (χ3v) is 2.86. The monoisotopic (exact) mass is 279 g/mol. The van der Waals surface area contributed by atoms with Gasteiger partial charge in [-0.2, -0.15) is 0 Å². The molecule has 0 aliphatic carbocycles. The van der Waals surface area contributed by atoms with Crippen LogP contribution in [0, 0.1) is 0 Å². The first kappa shape index (κ1) is 12.9. The number of rotatable bonds is 3. The summed E-state index contributed by atoms with van der Waals surface area (Å²) in [6, 6.07) is 14.5. The van der Waals surface area contributed by atoms with Gasteiger partial charge in [0.05, 0.1) is 0 Å². The average Bonchev–Trinajstić information content (AvgIpc) is 2.36. The number of halogens is 2. The summed E-state index contributed by atoms with van der Waals surface area (Å²) in [6.45, 7) is 0.476. The van der Waals surface area contributed by atoms with Crippen molar-refractivity contribution in [1.29, 1.82) is 0 Å². The van der Waals surface area contributed by atoms with Gasteiger partial charge in [0, 0.05) is 22.2 Å². The van der Waals surface area contributed by atoms with Crippen LogP contribution in [0.25, 0.3) is 0 Å². The van der Waals surface area contributed by atoms with Crippen molar-refractivity contribution in [3.8, 4) is 0 Å². The fourth-order valence-electron chi connectivity index (χ4n) is 1.57. The Balaban J connectivity index is 2.04. The molecule has 0 atom stereocenters. The van der Waals surface area contributed by atoms with E-state index in [1.165, 1.54) is 0 Å². The van der Waals surface area contributed by atoms with Gasteiger partial charge in [-0.15, -0.1) is 0 Å². The number of hydrogen-bond donors (Lipinski definition) is 1. The lowest BCUT2D eigenvalue weighted by Crippen LogP contribution is -2.22. The van der Waals surface area contributed by atoms with E-state index < -0.39 is 0 Å². The number of benzene rings is 2. The zero-order valence-electron chi connectivity index (χ0n) is 9.49. The van der Waals surface area contributed by atoms with Crippen LogP contribution in [0.5, 0.6) is 0 Å². The lowest BCUT2D eigenvalue weighted by molar-refractivity contribution is 0.0951. The van der Waals surface area contributed by atoms with E-state index in [-0.39, 0.29) is 5.91 Å². The minimum atomic E-state index is -0.191. The molecule has 0 bridgehead atoms. The summed E-state index contributed by atoms with van der Waals surface area (Å²) in [5.41, 5.74) is 1.50. The van der Waals surface area contributed by atoms with Gasteiger partial charge in [-0.05, 0) is 23.8 Å². The van der Waals surface area contributed by atoms with E-state index in [4.69, 9.17) is 23.2 Å². The Hall–Kier alpha value is -1.51. The Kier molecular flexibility index (Phi) is 4.24. The zero-order chi connectivity index (χ0) is 13.0. The van der Waals surface area contributed by atoms with Crippen molar-refractivity contribution in [3.05, 3.63) is 69.7 Å². The molecule has 1 amide bonds. The predicted molar refractivity (Wildman–Crippen MR) is 74.1 cm³/mol. The second kappa shape index (κ2) is 5.89. The first-order valence-electron chi connectivity index (χ1n) is 5.43. The van der Waals surface area contributed by atoms with E-state index in [1.807, 2.05) is 30.3 Å². The van der Waals surface area contributed by atoms with Crippen LogP contribution < -0.4 is 5.32 Å². The molecule has 0 radical (unpaired) electrons. The number of carbonyl (C=O) groups is 1. The molecule has 18 heavy (non-hydrogen) atoms. The summed E-state index contributed by atoms with van der Waals surface area (Å²) >= 11 is 11.7.